The summed E-state index contributed by atoms with van der Waals surface area (Å²) < 4.78 is 2.20. The van der Waals surface area contributed by atoms with E-state index in [1.807, 2.05) is 7.05 Å². The van der Waals surface area contributed by atoms with Gasteiger partial charge in [-0.1, -0.05) is 18.5 Å². The van der Waals surface area contributed by atoms with Crippen LogP contribution in [0.2, 0.25) is 0 Å². The molecule has 0 spiro atoms. The minimum absolute atomic E-state index is 0.147. The molecular weight excluding hydrogens is 144 g/mol. The number of hydrogen-bond acceptors (Lipinski definition) is 3. The molecule has 0 aromatic rings. The van der Waals surface area contributed by atoms with Gasteiger partial charge < -0.3 is 5.01 Å². The maximum absolute atomic E-state index is 3.96. The maximum Gasteiger partial charge on any atom is 0.0865 e. The average Bonchev–Trinajstić information content (AvgIpc) is 1.88. The van der Waals surface area contributed by atoms with E-state index in [4.69, 9.17) is 0 Å². The Bertz CT molecular complexity index is 165. The molecule has 0 aliphatic carbocycles. The largest absolute Gasteiger partial charge is 0.301 e. The van der Waals surface area contributed by atoms with Crippen LogP contribution in [0, 0.1) is 0 Å². The Balaban J connectivity index is 2.71. The first-order valence-corrected chi connectivity index (χ1v) is 4.47. The van der Waals surface area contributed by atoms with Gasteiger partial charge in [0.25, 0.3) is 0 Å². The number of rotatable bonds is 1. The molecule has 0 bridgehead atoms. The van der Waals surface area contributed by atoms with E-state index in [1.165, 1.54) is 5.70 Å². The quantitative estimate of drug-likeness (QED) is 0.536. The smallest absolute Gasteiger partial charge is 0.0865 e. The Labute approximate surface area is 67.0 Å². The lowest BCUT2D eigenvalue weighted by molar-refractivity contribution is -0.0446. The molecule has 1 rings (SSSR count). The van der Waals surface area contributed by atoms with E-state index >= 15 is 0 Å². The van der Waals surface area contributed by atoms with Gasteiger partial charge in [-0.3, -0.25) is 0 Å². The second kappa shape index (κ2) is 2.17. The van der Waals surface area contributed by atoms with Gasteiger partial charge in [0.2, 0.25) is 0 Å². The fourth-order valence-electron chi connectivity index (χ4n) is 1.30. The van der Waals surface area contributed by atoms with Crippen molar-refractivity contribution in [1.29, 1.82) is 0 Å². The van der Waals surface area contributed by atoms with Gasteiger partial charge in [0, 0.05) is 12.7 Å². The number of likely N-dealkylation sites (N-methyl/N-ethyl adjacent to an activating group) is 1. The summed E-state index contributed by atoms with van der Waals surface area (Å²) in [5.74, 6) is 0. The van der Waals surface area contributed by atoms with Gasteiger partial charge in [0.15, 0.2) is 0 Å². The Morgan fingerprint density at radius 1 is 1.50 bits per heavy atom. The number of hydrogen-bond donors (Lipinski definition) is 0. The van der Waals surface area contributed by atoms with E-state index in [0.29, 0.717) is 0 Å². The molecule has 2 nitrogen and oxygen atoms in total. The van der Waals surface area contributed by atoms with Crippen molar-refractivity contribution in [1.82, 2.24) is 9.42 Å². The van der Waals surface area contributed by atoms with Gasteiger partial charge in [-0.15, -0.1) is 0 Å². The average molecular weight is 158 g/mol. The molecule has 1 fully saturated rings. The van der Waals surface area contributed by atoms with Crippen LogP contribution in [0.3, 0.4) is 0 Å². The molecule has 0 unspecified atom stereocenters. The zero-order valence-electron chi connectivity index (χ0n) is 7.01. The lowest BCUT2D eigenvalue weighted by Gasteiger charge is -2.56. The molecule has 1 saturated heterocycles. The van der Waals surface area contributed by atoms with Crippen molar-refractivity contribution < 1.29 is 0 Å². The van der Waals surface area contributed by atoms with E-state index in [0.717, 1.165) is 0 Å². The molecule has 0 aromatic heterocycles. The second-order valence-electron chi connectivity index (χ2n) is 2.98. The summed E-state index contributed by atoms with van der Waals surface area (Å²) in [4.78, 5) is 0. The highest BCUT2D eigenvalue weighted by Gasteiger charge is 2.44. The zero-order valence-corrected chi connectivity index (χ0v) is 7.83. The van der Waals surface area contributed by atoms with Gasteiger partial charge >= 0.3 is 0 Å². The lowest BCUT2D eigenvalue weighted by atomic mass is 9.98. The Morgan fingerprint density at radius 3 is 2.20 bits per heavy atom. The van der Waals surface area contributed by atoms with Crippen molar-refractivity contribution in [3.8, 4) is 0 Å². The first-order chi connectivity index (χ1) is 4.51. The van der Waals surface area contributed by atoms with Crippen molar-refractivity contribution >= 4 is 11.9 Å². The van der Waals surface area contributed by atoms with Crippen LogP contribution < -0.4 is 0 Å². The van der Waals surface area contributed by atoms with Crippen molar-refractivity contribution in [3.63, 3.8) is 0 Å². The third-order valence-electron chi connectivity index (χ3n) is 2.02. The topological polar surface area (TPSA) is 6.48 Å². The Kier molecular flexibility index (Phi) is 1.73. The molecule has 1 aliphatic rings. The highest BCUT2D eigenvalue weighted by Crippen LogP contribution is 2.41. The SMILES string of the molecule is C=C1N(C)N(SC)C1(C)C. The summed E-state index contributed by atoms with van der Waals surface area (Å²) >= 11 is 1.73. The summed E-state index contributed by atoms with van der Waals surface area (Å²) in [6, 6.07) is 0. The van der Waals surface area contributed by atoms with Crippen LogP contribution in [-0.2, 0) is 0 Å². The molecule has 58 valence electrons. The van der Waals surface area contributed by atoms with Crippen LogP contribution in [0.4, 0.5) is 0 Å². The highest BCUT2D eigenvalue weighted by atomic mass is 32.2. The molecule has 0 saturated carbocycles. The molecule has 0 radical (unpaired) electrons. The molecular formula is C7H14N2S. The van der Waals surface area contributed by atoms with Gasteiger partial charge in [0.05, 0.1) is 5.54 Å². The Morgan fingerprint density at radius 2 is 2.00 bits per heavy atom. The van der Waals surface area contributed by atoms with Crippen LogP contribution >= 0.6 is 11.9 Å². The fourth-order valence-corrected chi connectivity index (χ4v) is 2.20. The summed E-state index contributed by atoms with van der Waals surface area (Å²) in [7, 11) is 2.03. The number of nitrogens with zero attached hydrogens (tertiary/aromatic N) is 2. The van der Waals surface area contributed by atoms with Gasteiger partial charge in [-0.25, -0.2) is 0 Å². The monoisotopic (exact) mass is 158 g/mol. The van der Waals surface area contributed by atoms with Crippen LogP contribution in [0.15, 0.2) is 12.3 Å². The predicted octanol–water partition coefficient (Wildman–Crippen LogP) is 1.72. The normalized spacial score (nSPS) is 24.8. The molecule has 0 atom stereocenters. The minimum Gasteiger partial charge on any atom is -0.301 e. The number of hydrazine groups is 1. The second-order valence-corrected chi connectivity index (χ2v) is 3.70. The van der Waals surface area contributed by atoms with E-state index < -0.39 is 0 Å². The highest BCUT2D eigenvalue weighted by molar-refractivity contribution is 7.96. The van der Waals surface area contributed by atoms with Gasteiger partial charge in [-0.05, 0) is 20.1 Å². The molecule has 3 heteroatoms. The van der Waals surface area contributed by atoms with Crippen molar-refractivity contribution in [2.45, 2.75) is 19.4 Å². The molecule has 1 aliphatic heterocycles. The Hall–Kier alpha value is -0.150. The third-order valence-corrected chi connectivity index (χ3v) is 3.07. The van der Waals surface area contributed by atoms with Crippen LogP contribution in [0.1, 0.15) is 13.8 Å². The van der Waals surface area contributed by atoms with Crippen molar-refractivity contribution in [2.75, 3.05) is 13.3 Å². The lowest BCUT2D eigenvalue weighted by Crippen LogP contribution is -2.62. The fraction of sp³-hybridized carbons (Fsp3) is 0.714. The van der Waals surface area contributed by atoms with Crippen LogP contribution in [0.25, 0.3) is 0 Å². The van der Waals surface area contributed by atoms with Crippen LogP contribution in [0.5, 0.6) is 0 Å². The first-order valence-electron chi connectivity index (χ1n) is 3.29. The molecule has 0 amide bonds. The van der Waals surface area contributed by atoms with E-state index in [-0.39, 0.29) is 5.54 Å². The molecule has 0 aromatic carbocycles. The van der Waals surface area contributed by atoms with Gasteiger partial charge in [-0.2, -0.15) is 4.41 Å². The van der Waals surface area contributed by atoms with Gasteiger partial charge in [0.1, 0.15) is 0 Å². The minimum atomic E-state index is 0.147. The van der Waals surface area contributed by atoms with Crippen LogP contribution in [-0.4, -0.2) is 28.3 Å². The standard InChI is InChI=1S/C7H14N2S/c1-6-7(2,3)9(10-5)8(6)4/h1H2,2-5H3. The summed E-state index contributed by atoms with van der Waals surface area (Å²) in [5, 5.41) is 2.07. The third kappa shape index (κ3) is 0.772. The van der Waals surface area contributed by atoms with E-state index in [9.17, 15) is 0 Å². The maximum atomic E-state index is 3.96. The summed E-state index contributed by atoms with van der Waals surface area (Å²) in [6.45, 7) is 8.31. The first kappa shape index (κ1) is 7.95. The summed E-state index contributed by atoms with van der Waals surface area (Å²) in [5.41, 5.74) is 1.33. The summed E-state index contributed by atoms with van der Waals surface area (Å²) in [6.07, 6.45) is 2.07. The molecule has 0 N–H and O–H groups in total. The van der Waals surface area contributed by atoms with E-state index in [1.54, 1.807) is 11.9 Å². The molecule has 1 heterocycles. The predicted molar refractivity (Wildman–Crippen MR) is 46.3 cm³/mol. The van der Waals surface area contributed by atoms with Crippen molar-refractivity contribution in [2.24, 2.45) is 0 Å². The zero-order chi connectivity index (χ0) is 7.94. The van der Waals surface area contributed by atoms with E-state index in [2.05, 4.69) is 36.1 Å². The molecule has 10 heavy (non-hydrogen) atoms. The van der Waals surface area contributed by atoms with Crippen molar-refractivity contribution in [3.05, 3.63) is 12.3 Å².